The Morgan fingerprint density at radius 2 is 1.94 bits per heavy atom. The first-order valence-electron chi connectivity index (χ1n) is 5.19. The van der Waals surface area contributed by atoms with Gasteiger partial charge in [-0.05, 0) is 46.3 Å². The highest BCUT2D eigenvalue weighted by atomic mass is 79.9. The van der Waals surface area contributed by atoms with Crippen LogP contribution in [0.5, 0.6) is 0 Å². The van der Waals surface area contributed by atoms with Crippen LogP contribution in [0, 0.1) is 5.82 Å². The van der Waals surface area contributed by atoms with Gasteiger partial charge < -0.3 is 11.1 Å². The van der Waals surface area contributed by atoms with Crippen molar-refractivity contribution < 1.29 is 4.39 Å². The van der Waals surface area contributed by atoms with E-state index in [0.717, 1.165) is 11.3 Å². The molecule has 0 amide bonds. The Labute approximate surface area is 118 Å². The van der Waals surface area contributed by atoms with Crippen LogP contribution in [-0.2, 0) is 0 Å². The molecule has 92 valence electrons. The zero-order chi connectivity index (χ0) is 13.1. The molecule has 18 heavy (non-hydrogen) atoms. The van der Waals surface area contributed by atoms with Crippen LogP contribution in [0.3, 0.4) is 0 Å². The van der Waals surface area contributed by atoms with Crippen LogP contribution < -0.4 is 11.1 Å². The van der Waals surface area contributed by atoms with Gasteiger partial charge in [-0.3, -0.25) is 0 Å². The number of para-hydroxylation sites is 1. The quantitative estimate of drug-likeness (QED) is 0.839. The number of benzene rings is 2. The second-order valence-electron chi connectivity index (χ2n) is 3.66. The fourth-order valence-corrected chi connectivity index (χ4v) is 1.96. The topological polar surface area (TPSA) is 38.0 Å². The monoisotopic (exact) mass is 324 g/mol. The van der Waals surface area contributed by atoms with Gasteiger partial charge >= 0.3 is 0 Å². The van der Waals surface area contributed by atoms with E-state index in [0.29, 0.717) is 15.1 Å². The molecule has 0 fully saturated rings. The first kappa shape index (κ1) is 13.0. The second kappa shape index (κ2) is 5.46. The van der Waals surface area contributed by atoms with Gasteiger partial charge in [-0.1, -0.05) is 24.4 Å². The maximum atomic E-state index is 13.4. The molecule has 5 heteroatoms. The average molecular weight is 325 g/mol. The lowest BCUT2D eigenvalue weighted by Crippen LogP contribution is -2.11. The molecular weight excluding hydrogens is 315 g/mol. The lowest BCUT2D eigenvalue weighted by Gasteiger charge is -2.11. The van der Waals surface area contributed by atoms with Crippen LogP contribution in [0.1, 0.15) is 5.56 Å². The zero-order valence-corrected chi connectivity index (χ0v) is 11.7. The minimum absolute atomic E-state index is 0.302. The molecule has 0 bridgehead atoms. The van der Waals surface area contributed by atoms with Crippen LogP contribution in [0.2, 0.25) is 0 Å². The first-order chi connectivity index (χ1) is 8.58. The molecule has 0 spiro atoms. The number of thiocarbonyl (C=S) groups is 1. The third-order valence-corrected chi connectivity index (χ3v) is 3.25. The fraction of sp³-hybridized carbons (Fsp3) is 0. The largest absolute Gasteiger partial charge is 0.389 e. The molecule has 0 aliphatic carbocycles. The molecule has 2 rings (SSSR count). The number of rotatable bonds is 3. The van der Waals surface area contributed by atoms with Crippen LogP contribution >= 0.6 is 28.1 Å². The van der Waals surface area contributed by atoms with E-state index in [2.05, 4.69) is 21.2 Å². The second-order valence-corrected chi connectivity index (χ2v) is 4.96. The van der Waals surface area contributed by atoms with E-state index in [1.54, 1.807) is 12.1 Å². The summed E-state index contributed by atoms with van der Waals surface area (Å²) in [5, 5.41) is 3.09. The first-order valence-corrected chi connectivity index (χ1v) is 6.39. The molecule has 0 aliphatic rings. The Balaban J connectivity index is 2.34. The number of nitrogens with two attached hydrogens (primary N) is 1. The molecule has 3 N–H and O–H groups in total. The van der Waals surface area contributed by atoms with E-state index in [1.165, 1.54) is 6.07 Å². The van der Waals surface area contributed by atoms with Gasteiger partial charge in [0.15, 0.2) is 0 Å². The molecular formula is C13H10BrFN2S. The lowest BCUT2D eigenvalue weighted by molar-refractivity contribution is 0.622. The molecule has 0 atom stereocenters. The van der Waals surface area contributed by atoms with E-state index in [1.807, 2.05) is 24.3 Å². The number of hydrogen-bond acceptors (Lipinski definition) is 2. The van der Waals surface area contributed by atoms with Gasteiger partial charge in [0.25, 0.3) is 0 Å². The van der Waals surface area contributed by atoms with Crippen molar-refractivity contribution in [2.75, 3.05) is 5.32 Å². The minimum atomic E-state index is -0.326. The highest BCUT2D eigenvalue weighted by Gasteiger charge is 2.06. The molecule has 2 nitrogen and oxygen atoms in total. The fourth-order valence-electron chi connectivity index (χ4n) is 1.54. The van der Waals surface area contributed by atoms with Gasteiger partial charge in [0.05, 0.1) is 4.47 Å². The summed E-state index contributed by atoms with van der Waals surface area (Å²) in [6.45, 7) is 0. The van der Waals surface area contributed by atoms with Crippen LogP contribution in [0.25, 0.3) is 0 Å². The standard InChI is InChI=1S/C13H10BrFN2S/c14-10-6-5-8(7-11(10)15)17-12-4-2-1-3-9(12)13(16)18/h1-7,17H,(H2,16,18). The highest BCUT2D eigenvalue weighted by Crippen LogP contribution is 2.24. The van der Waals surface area contributed by atoms with E-state index >= 15 is 0 Å². The molecule has 0 radical (unpaired) electrons. The van der Waals surface area contributed by atoms with Gasteiger partial charge in [0.1, 0.15) is 10.8 Å². The van der Waals surface area contributed by atoms with Crippen molar-refractivity contribution >= 4 is 44.5 Å². The third-order valence-electron chi connectivity index (χ3n) is 2.39. The number of halogens is 2. The van der Waals surface area contributed by atoms with Crippen molar-refractivity contribution in [2.24, 2.45) is 5.73 Å². The normalized spacial score (nSPS) is 10.1. The summed E-state index contributed by atoms with van der Waals surface area (Å²) in [4.78, 5) is 0.302. The van der Waals surface area contributed by atoms with Crippen molar-refractivity contribution in [1.82, 2.24) is 0 Å². The molecule has 0 saturated heterocycles. The minimum Gasteiger partial charge on any atom is -0.389 e. The number of anilines is 2. The Morgan fingerprint density at radius 3 is 2.61 bits per heavy atom. The molecule has 2 aromatic rings. The Hall–Kier alpha value is -1.46. The van der Waals surface area contributed by atoms with E-state index in [4.69, 9.17) is 18.0 Å². The van der Waals surface area contributed by atoms with Gasteiger partial charge in [0, 0.05) is 16.9 Å². The van der Waals surface area contributed by atoms with Crippen molar-refractivity contribution in [1.29, 1.82) is 0 Å². The summed E-state index contributed by atoms with van der Waals surface area (Å²) in [5.74, 6) is -0.326. The summed E-state index contributed by atoms with van der Waals surface area (Å²) in [5.41, 5.74) is 7.76. The molecule has 0 heterocycles. The van der Waals surface area contributed by atoms with E-state index in [-0.39, 0.29) is 5.82 Å². The van der Waals surface area contributed by atoms with Crippen molar-refractivity contribution in [3.05, 3.63) is 58.3 Å². The smallest absolute Gasteiger partial charge is 0.139 e. The zero-order valence-electron chi connectivity index (χ0n) is 9.28. The van der Waals surface area contributed by atoms with E-state index in [9.17, 15) is 4.39 Å². The van der Waals surface area contributed by atoms with Crippen molar-refractivity contribution in [2.45, 2.75) is 0 Å². The maximum absolute atomic E-state index is 13.4. The maximum Gasteiger partial charge on any atom is 0.139 e. The molecule has 0 unspecified atom stereocenters. The third kappa shape index (κ3) is 2.86. The van der Waals surface area contributed by atoms with Gasteiger partial charge in [-0.15, -0.1) is 0 Å². The van der Waals surface area contributed by atoms with Crippen LogP contribution in [0.15, 0.2) is 46.9 Å². The SMILES string of the molecule is NC(=S)c1ccccc1Nc1ccc(Br)c(F)c1. The van der Waals surface area contributed by atoms with Gasteiger partial charge in [0.2, 0.25) is 0 Å². The highest BCUT2D eigenvalue weighted by molar-refractivity contribution is 9.10. The summed E-state index contributed by atoms with van der Waals surface area (Å²) in [6.07, 6.45) is 0. The Bertz CT molecular complexity index is 601. The molecule has 0 aliphatic heterocycles. The van der Waals surface area contributed by atoms with Crippen LogP contribution in [-0.4, -0.2) is 4.99 Å². The summed E-state index contributed by atoms with van der Waals surface area (Å²) >= 11 is 8.08. The Morgan fingerprint density at radius 1 is 1.22 bits per heavy atom. The van der Waals surface area contributed by atoms with Crippen molar-refractivity contribution in [3.8, 4) is 0 Å². The molecule has 2 aromatic carbocycles. The molecule has 0 saturated carbocycles. The number of hydrogen-bond donors (Lipinski definition) is 2. The lowest BCUT2D eigenvalue weighted by atomic mass is 10.1. The van der Waals surface area contributed by atoms with Crippen molar-refractivity contribution in [3.63, 3.8) is 0 Å². The summed E-state index contributed by atoms with van der Waals surface area (Å²) < 4.78 is 13.8. The summed E-state index contributed by atoms with van der Waals surface area (Å²) in [6, 6.07) is 12.2. The van der Waals surface area contributed by atoms with Gasteiger partial charge in [-0.25, -0.2) is 4.39 Å². The van der Waals surface area contributed by atoms with Gasteiger partial charge in [-0.2, -0.15) is 0 Å². The number of nitrogens with one attached hydrogen (secondary N) is 1. The predicted octanol–water partition coefficient (Wildman–Crippen LogP) is 3.97. The summed E-state index contributed by atoms with van der Waals surface area (Å²) in [7, 11) is 0. The van der Waals surface area contributed by atoms with E-state index < -0.39 is 0 Å². The average Bonchev–Trinajstić information content (AvgIpc) is 2.34. The van der Waals surface area contributed by atoms with Crippen LogP contribution in [0.4, 0.5) is 15.8 Å². The molecule has 0 aromatic heterocycles. The predicted molar refractivity (Wildman–Crippen MR) is 79.7 cm³/mol. The Kier molecular flexibility index (Phi) is 3.93.